The molecule has 1 aromatic rings. The normalized spacial score (nSPS) is 11.2. The van der Waals surface area contributed by atoms with Gasteiger partial charge >= 0.3 is 0 Å². The van der Waals surface area contributed by atoms with E-state index in [-0.39, 0.29) is 0 Å². The summed E-state index contributed by atoms with van der Waals surface area (Å²) in [5.41, 5.74) is 6.94. The predicted molar refractivity (Wildman–Crippen MR) is 82.7 cm³/mol. The molecule has 0 saturated heterocycles. The maximum atomic E-state index is 5.73. The van der Waals surface area contributed by atoms with E-state index >= 15 is 0 Å². The zero-order valence-electron chi connectivity index (χ0n) is 12.6. The highest BCUT2D eigenvalue weighted by molar-refractivity contribution is 5.77. The molecule has 0 aromatic heterocycles. The van der Waals surface area contributed by atoms with Crippen LogP contribution in [0.5, 0.6) is 11.5 Å². The fraction of sp³-hybridized carbons (Fsp3) is 0.533. The second kappa shape index (κ2) is 9.07. The number of benzene rings is 1. The largest absolute Gasteiger partial charge is 0.493 e. The van der Waals surface area contributed by atoms with Crippen LogP contribution in [0, 0.1) is 0 Å². The molecule has 0 radical (unpaired) electrons. The van der Waals surface area contributed by atoms with E-state index in [0.717, 1.165) is 43.9 Å². The molecule has 0 bridgehead atoms. The summed E-state index contributed by atoms with van der Waals surface area (Å²) in [7, 11) is 3.29. The molecule has 0 spiro atoms. The van der Waals surface area contributed by atoms with E-state index in [1.165, 1.54) is 5.56 Å². The van der Waals surface area contributed by atoms with Crippen LogP contribution >= 0.6 is 0 Å². The van der Waals surface area contributed by atoms with Gasteiger partial charge in [-0.3, -0.25) is 4.99 Å². The van der Waals surface area contributed by atoms with E-state index in [0.29, 0.717) is 5.96 Å². The zero-order chi connectivity index (χ0) is 14.8. The van der Waals surface area contributed by atoms with Crippen molar-refractivity contribution in [3.05, 3.63) is 23.8 Å². The van der Waals surface area contributed by atoms with Gasteiger partial charge in [-0.15, -0.1) is 0 Å². The summed E-state index contributed by atoms with van der Waals surface area (Å²) >= 11 is 0. The molecule has 5 heteroatoms. The molecule has 20 heavy (non-hydrogen) atoms. The van der Waals surface area contributed by atoms with Crippen LogP contribution in [0.3, 0.4) is 0 Å². The van der Waals surface area contributed by atoms with Gasteiger partial charge in [0, 0.05) is 13.1 Å². The van der Waals surface area contributed by atoms with Crippen LogP contribution in [0.1, 0.15) is 25.3 Å². The van der Waals surface area contributed by atoms with Crippen LogP contribution in [0.25, 0.3) is 0 Å². The second-order valence-electron chi connectivity index (χ2n) is 4.49. The Kier molecular flexibility index (Phi) is 7.32. The molecule has 0 aliphatic carbocycles. The summed E-state index contributed by atoms with van der Waals surface area (Å²) in [5, 5.41) is 3.11. The average Bonchev–Trinajstić information content (AvgIpc) is 2.49. The molecule has 3 N–H and O–H groups in total. The maximum Gasteiger partial charge on any atom is 0.188 e. The van der Waals surface area contributed by atoms with Crippen LogP contribution in [0.15, 0.2) is 23.2 Å². The number of rotatable bonds is 8. The Morgan fingerprint density at radius 1 is 1.25 bits per heavy atom. The van der Waals surface area contributed by atoms with Gasteiger partial charge < -0.3 is 20.5 Å². The molecule has 0 aliphatic rings. The number of guanidine groups is 1. The van der Waals surface area contributed by atoms with Crippen LogP contribution in [0.4, 0.5) is 0 Å². The summed E-state index contributed by atoms with van der Waals surface area (Å²) in [6.45, 7) is 3.66. The van der Waals surface area contributed by atoms with Crippen molar-refractivity contribution in [2.24, 2.45) is 10.7 Å². The SMILES string of the molecule is CCCN=C(N)NCCCc1ccc(OC)c(OC)c1. The lowest BCUT2D eigenvalue weighted by molar-refractivity contribution is 0.354. The molecule has 0 saturated carbocycles. The molecule has 5 nitrogen and oxygen atoms in total. The van der Waals surface area contributed by atoms with Gasteiger partial charge in [0.05, 0.1) is 14.2 Å². The van der Waals surface area contributed by atoms with Gasteiger partial charge in [-0.2, -0.15) is 0 Å². The third-order valence-corrected chi connectivity index (χ3v) is 2.90. The fourth-order valence-corrected chi connectivity index (χ4v) is 1.83. The lowest BCUT2D eigenvalue weighted by Gasteiger charge is -2.10. The van der Waals surface area contributed by atoms with Crippen LogP contribution in [0.2, 0.25) is 0 Å². The minimum atomic E-state index is 0.527. The lowest BCUT2D eigenvalue weighted by atomic mass is 10.1. The number of ether oxygens (including phenoxy) is 2. The van der Waals surface area contributed by atoms with E-state index in [4.69, 9.17) is 15.2 Å². The number of hydrogen-bond acceptors (Lipinski definition) is 3. The molecule has 0 heterocycles. The molecular weight excluding hydrogens is 254 g/mol. The number of nitrogens with two attached hydrogens (primary N) is 1. The van der Waals surface area contributed by atoms with Crippen molar-refractivity contribution in [2.75, 3.05) is 27.3 Å². The summed E-state index contributed by atoms with van der Waals surface area (Å²) in [5.74, 6) is 2.05. The van der Waals surface area contributed by atoms with Gasteiger partial charge in [0.1, 0.15) is 0 Å². The van der Waals surface area contributed by atoms with Crippen molar-refractivity contribution in [1.29, 1.82) is 0 Å². The van der Waals surface area contributed by atoms with E-state index in [9.17, 15) is 0 Å². The molecule has 0 fully saturated rings. The lowest BCUT2D eigenvalue weighted by Crippen LogP contribution is -2.32. The monoisotopic (exact) mass is 279 g/mol. The van der Waals surface area contributed by atoms with Crippen molar-refractivity contribution in [3.63, 3.8) is 0 Å². The number of nitrogens with one attached hydrogen (secondary N) is 1. The van der Waals surface area contributed by atoms with E-state index in [1.807, 2.05) is 12.1 Å². The highest BCUT2D eigenvalue weighted by atomic mass is 16.5. The zero-order valence-corrected chi connectivity index (χ0v) is 12.6. The molecule has 1 rings (SSSR count). The van der Waals surface area contributed by atoms with E-state index < -0.39 is 0 Å². The van der Waals surface area contributed by atoms with Crippen molar-refractivity contribution in [3.8, 4) is 11.5 Å². The van der Waals surface area contributed by atoms with Crippen molar-refractivity contribution in [1.82, 2.24) is 5.32 Å². The first kappa shape index (κ1) is 16.1. The van der Waals surface area contributed by atoms with Crippen LogP contribution < -0.4 is 20.5 Å². The predicted octanol–water partition coefficient (Wildman–Crippen LogP) is 1.95. The molecule has 1 aromatic carbocycles. The van der Waals surface area contributed by atoms with Gasteiger partial charge in [0.2, 0.25) is 0 Å². The van der Waals surface area contributed by atoms with Gasteiger partial charge in [-0.1, -0.05) is 13.0 Å². The van der Waals surface area contributed by atoms with Crippen molar-refractivity contribution < 1.29 is 9.47 Å². The highest BCUT2D eigenvalue weighted by Crippen LogP contribution is 2.27. The fourth-order valence-electron chi connectivity index (χ4n) is 1.83. The highest BCUT2D eigenvalue weighted by Gasteiger charge is 2.04. The number of methoxy groups -OCH3 is 2. The summed E-state index contributed by atoms with van der Waals surface area (Å²) in [6.07, 6.45) is 2.94. The Balaban J connectivity index is 2.39. The summed E-state index contributed by atoms with van der Waals surface area (Å²) < 4.78 is 10.5. The Bertz CT molecular complexity index is 433. The first-order valence-corrected chi connectivity index (χ1v) is 6.96. The quantitative estimate of drug-likeness (QED) is 0.433. The summed E-state index contributed by atoms with van der Waals surface area (Å²) in [6, 6.07) is 5.99. The van der Waals surface area contributed by atoms with Crippen LogP contribution in [-0.2, 0) is 6.42 Å². The van der Waals surface area contributed by atoms with Crippen molar-refractivity contribution in [2.45, 2.75) is 26.2 Å². The molecule has 0 amide bonds. The minimum Gasteiger partial charge on any atom is -0.493 e. The topological polar surface area (TPSA) is 68.9 Å². The summed E-state index contributed by atoms with van der Waals surface area (Å²) in [4.78, 5) is 4.18. The second-order valence-corrected chi connectivity index (χ2v) is 4.49. The van der Waals surface area contributed by atoms with E-state index in [1.54, 1.807) is 14.2 Å². The molecular formula is C15H25N3O2. The Morgan fingerprint density at radius 2 is 2.00 bits per heavy atom. The third-order valence-electron chi connectivity index (χ3n) is 2.90. The van der Waals surface area contributed by atoms with Gasteiger partial charge in [-0.05, 0) is 37.0 Å². The number of aryl methyl sites for hydroxylation is 1. The standard InChI is InChI=1S/C15H25N3O2/c1-4-9-17-15(16)18-10-5-6-12-7-8-13(19-2)14(11-12)20-3/h7-8,11H,4-6,9-10H2,1-3H3,(H3,16,17,18). The number of hydrogen-bond donors (Lipinski definition) is 2. The Morgan fingerprint density at radius 3 is 2.65 bits per heavy atom. The van der Waals surface area contributed by atoms with Gasteiger partial charge in [-0.25, -0.2) is 0 Å². The molecule has 0 unspecified atom stereocenters. The molecule has 0 aliphatic heterocycles. The molecule has 0 atom stereocenters. The van der Waals surface area contributed by atoms with Gasteiger partial charge in [0.25, 0.3) is 0 Å². The van der Waals surface area contributed by atoms with Gasteiger partial charge in [0.15, 0.2) is 17.5 Å². The first-order chi connectivity index (χ1) is 9.71. The average molecular weight is 279 g/mol. The molecule has 112 valence electrons. The van der Waals surface area contributed by atoms with Crippen LogP contribution in [-0.4, -0.2) is 33.3 Å². The smallest absolute Gasteiger partial charge is 0.188 e. The number of aliphatic imine (C=N–C) groups is 1. The Labute approximate surface area is 121 Å². The minimum absolute atomic E-state index is 0.527. The van der Waals surface area contributed by atoms with E-state index in [2.05, 4.69) is 23.3 Å². The Hall–Kier alpha value is -1.91. The maximum absolute atomic E-state index is 5.73. The number of nitrogens with zero attached hydrogens (tertiary/aromatic N) is 1. The third kappa shape index (κ3) is 5.38. The van der Waals surface area contributed by atoms with Crippen molar-refractivity contribution >= 4 is 5.96 Å². The first-order valence-electron chi connectivity index (χ1n) is 6.96.